The normalized spacial score (nSPS) is 10.8. The lowest BCUT2D eigenvalue weighted by atomic mass is 10.1. The Morgan fingerprint density at radius 1 is 0.964 bits per heavy atom. The largest absolute Gasteiger partial charge is 0.490 e. The summed E-state index contributed by atoms with van der Waals surface area (Å²) in [4.78, 5) is 0. The van der Waals surface area contributed by atoms with Gasteiger partial charge in [-0.25, -0.2) is 0 Å². The molecule has 150 valence electrons. The van der Waals surface area contributed by atoms with E-state index in [2.05, 4.69) is 41.8 Å². The zero-order valence-electron chi connectivity index (χ0n) is 16.4. The second-order valence-corrected chi connectivity index (χ2v) is 6.89. The third-order valence-electron chi connectivity index (χ3n) is 4.13. The number of ether oxygens (including phenoxy) is 2. The van der Waals surface area contributed by atoms with Crippen LogP contribution in [-0.4, -0.2) is 24.5 Å². The van der Waals surface area contributed by atoms with Crippen LogP contribution in [0.1, 0.15) is 43.7 Å². The number of hydrogen-bond acceptors (Lipinski definition) is 4. The maximum Gasteiger partial charge on any atom is 0.184 e. The lowest BCUT2D eigenvalue weighted by Crippen LogP contribution is -2.23. The summed E-state index contributed by atoms with van der Waals surface area (Å²) in [6.07, 6.45) is 7.92. The molecule has 0 aliphatic rings. The first-order valence-electron chi connectivity index (χ1n) is 9.70. The van der Waals surface area contributed by atoms with Gasteiger partial charge in [-0.15, -0.1) is 0 Å². The van der Waals surface area contributed by atoms with Gasteiger partial charge in [-0.05, 0) is 72.6 Å². The van der Waals surface area contributed by atoms with Crippen LogP contribution in [0.5, 0.6) is 11.5 Å². The third-order valence-corrected chi connectivity index (χ3v) is 4.22. The van der Waals surface area contributed by atoms with Gasteiger partial charge in [0.25, 0.3) is 0 Å². The Bertz CT molecular complexity index is 730. The second kappa shape index (κ2) is 12.7. The smallest absolute Gasteiger partial charge is 0.184 e. The fraction of sp³-hybridized carbons (Fsp3) is 0.364. The van der Waals surface area contributed by atoms with Crippen molar-refractivity contribution >= 4 is 23.5 Å². The number of hydrogen-bond donors (Lipinski definition) is 2. The van der Waals surface area contributed by atoms with Crippen LogP contribution in [0.4, 0.5) is 0 Å². The number of rotatable bonds is 12. The number of thiocarbonyl (C=S) groups is 1. The molecule has 3 N–H and O–H groups in total. The predicted molar refractivity (Wildman–Crippen MR) is 119 cm³/mol. The molecule has 6 heteroatoms. The van der Waals surface area contributed by atoms with Gasteiger partial charge in [0, 0.05) is 0 Å². The third kappa shape index (κ3) is 8.86. The van der Waals surface area contributed by atoms with Gasteiger partial charge in [0.15, 0.2) is 5.11 Å². The molecular formula is C22H29N3O2S. The van der Waals surface area contributed by atoms with E-state index in [0.29, 0.717) is 13.2 Å². The van der Waals surface area contributed by atoms with Gasteiger partial charge >= 0.3 is 0 Å². The predicted octanol–water partition coefficient (Wildman–Crippen LogP) is 4.43. The Morgan fingerprint density at radius 2 is 1.57 bits per heavy atom. The average Bonchev–Trinajstić information content (AvgIpc) is 2.70. The molecule has 5 nitrogen and oxygen atoms in total. The molecule has 2 aromatic rings. The van der Waals surface area contributed by atoms with Crippen LogP contribution >= 0.6 is 12.2 Å². The number of benzene rings is 2. The van der Waals surface area contributed by atoms with E-state index in [4.69, 9.17) is 15.2 Å². The number of aryl methyl sites for hydroxylation is 1. The Labute approximate surface area is 172 Å². The molecule has 2 aromatic carbocycles. The molecule has 0 atom stereocenters. The molecule has 0 heterocycles. The number of unbranched alkanes of at least 4 members (excludes halogenated alkanes) is 3. The Hall–Kier alpha value is -2.60. The first kappa shape index (κ1) is 21.7. The Balaban J connectivity index is 1.65. The summed E-state index contributed by atoms with van der Waals surface area (Å²) in [7, 11) is 0. The quantitative estimate of drug-likeness (QED) is 0.239. The summed E-state index contributed by atoms with van der Waals surface area (Å²) in [6, 6.07) is 15.9. The standard InChI is InChI=1S/C22H29N3O2S/c1-2-3-4-5-6-18-7-11-20(12-8-18)26-15-16-27-21-13-9-19(10-14-21)17-24-25-22(23)28/h7-14,17H,2-6,15-16H2,1H3,(H3,23,25,28)/b24-17-. The maximum atomic E-state index is 5.75. The van der Waals surface area contributed by atoms with Crippen molar-refractivity contribution in [3.05, 3.63) is 59.7 Å². The molecule has 0 unspecified atom stereocenters. The molecule has 0 radical (unpaired) electrons. The minimum absolute atomic E-state index is 0.137. The molecule has 0 fully saturated rings. The minimum atomic E-state index is 0.137. The van der Waals surface area contributed by atoms with Crippen LogP contribution in [0.15, 0.2) is 53.6 Å². The second-order valence-electron chi connectivity index (χ2n) is 6.45. The molecule has 0 aromatic heterocycles. The van der Waals surface area contributed by atoms with E-state index in [1.807, 2.05) is 36.4 Å². The van der Waals surface area contributed by atoms with Crippen molar-refractivity contribution < 1.29 is 9.47 Å². The van der Waals surface area contributed by atoms with Crippen molar-refractivity contribution in [3.63, 3.8) is 0 Å². The molecule has 0 amide bonds. The Morgan fingerprint density at radius 3 is 2.14 bits per heavy atom. The van der Waals surface area contributed by atoms with Crippen LogP contribution in [0, 0.1) is 0 Å². The highest BCUT2D eigenvalue weighted by molar-refractivity contribution is 7.80. The van der Waals surface area contributed by atoms with E-state index >= 15 is 0 Å². The van der Waals surface area contributed by atoms with Crippen molar-refractivity contribution in [3.8, 4) is 11.5 Å². The van der Waals surface area contributed by atoms with Gasteiger partial charge in [-0.1, -0.05) is 38.3 Å². The van der Waals surface area contributed by atoms with Gasteiger partial charge in [0.2, 0.25) is 0 Å². The molecule has 0 spiro atoms. The number of nitrogens with two attached hydrogens (primary N) is 1. The number of hydrazone groups is 1. The first-order valence-corrected chi connectivity index (χ1v) is 10.1. The van der Waals surface area contributed by atoms with Gasteiger partial charge in [-0.3, -0.25) is 5.43 Å². The number of nitrogens with one attached hydrogen (secondary N) is 1. The molecule has 2 rings (SSSR count). The van der Waals surface area contributed by atoms with E-state index < -0.39 is 0 Å². The highest BCUT2D eigenvalue weighted by atomic mass is 32.1. The van der Waals surface area contributed by atoms with E-state index in [1.54, 1.807) is 6.21 Å². The van der Waals surface area contributed by atoms with Crippen LogP contribution in [-0.2, 0) is 6.42 Å². The van der Waals surface area contributed by atoms with Crippen LogP contribution in [0.3, 0.4) is 0 Å². The zero-order chi connectivity index (χ0) is 20.0. The monoisotopic (exact) mass is 399 g/mol. The summed E-state index contributed by atoms with van der Waals surface area (Å²) in [5.74, 6) is 1.66. The van der Waals surface area contributed by atoms with Crippen molar-refractivity contribution in [2.24, 2.45) is 10.8 Å². The van der Waals surface area contributed by atoms with E-state index in [-0.39, 0.29) is 5.11 Å². The Kier molecular flexibility index (Phi) is 9.86. The maximum absolute atomic E-state index is 5.75. The molecule has 0 saturated carbocycles. The van der Waals surface area contributed by atoms with E-state index in [9.17, 15) is 0 Å². The topological polar surface area (TPSA) is 68.9 Å². The molecule has 0 saturated heterocycles. The van der Waals surface area contributed by atoms with Crippen LogP contribution in [0.25, 0.3) is 0 Å². The van der Waals surface area contributed by atoms with Crippen molar-refractivity contribution in [2.75, 3.05) is 13.2 Å². The molecule has 0 aliphatic heterocycles. The summed E-state index contributed by atoms with van der Waals surface area (Å²) >= 11 is 4.68. The van der Waals surface area contributed by atoms with Crippen molar-refractivity contribution in [1.29, 1.82) is 0 Å². The summed E-state index contributed by atoms with van der Waals surface area (Å²) < 4.78 is 11.4. The average molecular weight is 400 g/mol. The lowest BCUT2D eigenvalue weighted by Gasteiger charge is -2.09. The molecule has 0 aliphatic carbocycles. The first-order chi connectivity index (χ1) is 13.7. The molecule has 0 bridgehead atoms. The van der Waals surface area contributed by atoms with Gasteiger partial charge in [0.1, 0.15) is 24.7 Å². The molecule has 28 heavy (non-hydrogen) atoms. The van der Waals surface area contributed by atoms with Crippen molar-refractivity contribution in [1.82, 2.24) is 5.43 Å². The number of nitrogens with zero attached hydrogens (tertiary/aromatic N) is 1. The summed E-state index contributed by atoms with van der Waals surface area (Å²) in [6.45, 7) is 3.21. The fourth-order valence-corrected chi connectivity index (χ4v) is 2.70. The van der Waals surface area contributed by atoms with E-state index in [1.165, 1.54) is 31.2 Å². The molecular weight excluding hydrogens is 370 g/mol. The SMILES string of the molecule is CCCCCCc1ccc(OCCOc2ccc(/C=N\NC(N)=S)cc2)cc1. The van der Waals surface area contributed by atoms with Gasteiger partial charge in [-0.2, -0.15) is 5.10 Å². The van der Waals surface area contributed by atoms with E-state index in [0.717, 1.165) is 23.5 Å². The van der Waals surface area contributed by atoms with Crippen molar-refractivity contribution in [2.45, 2.75) is 39.0 Å². The fourth-order valence-electron chi connectivity index (χ4n) is 2.65. The van der Waals surface area contributed by atoms with Crippen LogP contribution in [0.2, 0.25) is 0 Å². The summed E-state index contributed by atoms with van der Waals surface area (Å²) in [5, 5.41) is 4.05. The minimum Gasteiger partial charge on any atom is -0.490 e. The zero-order valence-corrected chi connectivity index (χ0v) is 17.2. The summed E-state index contributed by atoms with van der Waals surface area (Å²) in [5.41, 5.74) is 10.1. The highest BCUT2D eigenvalue weighted by Crippen LogP contribution is 2.15. The van der Waals surface area contributed by atoms with Gasteiger partial charge < -0.3 is 15.2 Å². The van der Waals surface area contributed by atoms with Crippen LogP contribution < -0.4 is 20.6 Å². The van der Waals surface area contributed by atoms with Gasteiger partial charge in [0.05, 0.1) is 6.21 Å². The lowest BCUT2D eigenvalue weighted by molar-refractivity contribution is 0.217. The highest BCUT2D eigenvalue weighted by Gasteiger charge is 1.98.